The van der Waals surface area contributed by atoms with Gasteiger partial charge in [0.2, 0.25) is 0 Å². The zero-order chi connectivity index (χ0) is 42.9. The minimum absolute atomic E-state index is 0. The number of hydrogen-bond donors (Lipinski definition) is 0. The standard InChI is InChI=1S/C59H42N4O.Pt/c1-59(2,3)43-20-14-19-42(37-43)46-25-15-24-45(41-17-5-4-6-18-41)56(46)62-38-61(52-27-10-11-28-53(52)62)44-21-13-16-39(35-44)34-40-30-31-48-47-22-7-9-26-51(47)63(54(48)36-40)58-57-50(32-33-60-58)49-23-8-12-29-55(49)64-57;/h4-33,37H,34H2,1-3H3;/q-2;. The van der Waals surface area contributed by atoms with Gasteiger partial charge in [-0.25, -0.2) is 4.98 Å². The summed E-state index contributed by atoms with van der Waals surface area (Å²) in [5, 5.41) is 4.38. The summed E-state index contributed by atoms with van der Waals surface area (Å²) in [6.45, 7) is 6.81. The van der Waals surface area contributed by atoms with E-state index in [2.05, 4.69) is 211 Å². The first-order chi connectivity index (χ1) is 31.4. The third-order valence-electron chi connectivity index (χ3n) is 12.5. The van der Waals surface area contributed by atoms with Crippen LogP contribution in [-0.4, -0.2) is 14.1 Å². The van der Waals surface area contributed by atoms with Crippen molar-refractivity contribution in [1.29, 1.82) is 0 Å². The molecule has 0 bridgehead atoms. The Morgan fingerprint density at radius 3 is 2.12 bits per heavy atom. The van der Waals surface area contributed by atoms with Crippen molar-refractivity contribution in [2.45, 2.75) is 32.6 Å². The summed E-state index contributed by atoms with van der Waals surface area (Å²) in [6.07, 6.45) is 6.36. The molecular formula is C59H42N4OPt-2. The van der Waals surface area contributed by atoms with Crippen LogP contribution in [0.15, 0.2) is 193 Å². The van der Waals surface area contributed by atoms with Crippen LogP contribution in [0.3, 0.4) is 0 Å². The van der Waals surface area contributed by atoms with Gasteiger partial charge in [0.15, 0.2) is 11.4 Å². The normalized spacial score (nSPS) is 11.9. The van der Waals surface area contributed by atoms with Crippen LogP contribution >= 0.6 is 0 Å². The molecule has 8 aromatic carbocycles. The molecule has 0 unspecified atom stereocenters. The van der Waals surface area contributed by atoms with Crippen molar-refractivity contribution < 1.29 is 30.0 Å². The molecule has 12 aromatic rings. The number of hydrogen-bond acceptors (Lipinski definition) is 2. The van der Waals surface area contributed by atoms with Crippen LogP contribution in [0.5, 0.6) is 0 Å². The molecule has 0 saturated heterocycles. The SMILES string of the molecule is CC(C)(C)c1cccc(-c2cccc(-c3ccccc3)c2-[n+]2[c-]n(-c3[c-]c(Cc4[c-]c5c(cc4)c4ccccc4n5-c4nccc5c4oc4ccccc45)ccc3)c3ccccc32)c1.[Pt]. The van der Waals surface area contributed by atoms with Gasteiger partial charge in [-0.15, -0.1) is 5.39 Å². The maximum Gasteiger partial charge on any atom is 0.268 e. The fourth-order valence-electron chi connectivity index (χ4n) is 9.42. The maximum atomic E-state index is 6.51. The minimum Gasteiger partial charge on any atom is -0.452 e. The van der Waals surface area contributed by atoms with Gasteiger partial charge in [-0.05, 0) is 68.9 Å². The molecule has 6 heteroatoms. The van der Waals surface area contributed by atoms with E-state index in [4.69, 9.17) is 9.40 Å². The van der Waals surface area contributed by atoms with Crippen LogP contribution in [0.2, 0.25) is 0 Å². The summed E-state index contributed by atoms with van der Waals surface area (Å²) >= 11 is 0. The van der Waals surface area contributed by atoms with Crippen molar-refractivity contribution in [3.8, 4) is 39.4 Å². The van der Waals surface area contributed by atoms with Crippen LogP contribution in [-0.2, 0) is 32.9 Å². The van der Waals surface area contributed by atoms with Crippen molar-refractivity contribution in [2.75, 3.05) is 0 Å². The largest absolute Gasteiger partial charge is 0.452 e. The van der Waals surface area contributed by atoms with E-state index < -0.39 is 0 Å². The smallest absolute Gasteiger partial charge is 0.268 e. The molecule has 5 nitrogen and oxygen atoms in total. The average Bonchev–Trinajstić information content (AvgIpc) is 4.01. The fourth-order valence-corrected chi connectivity index (χ4v) is 9.42. The molecule has 0 N–H and O–H groups in total. The quantitative estimate of drug-likeness (QED) is 0.118. The Labute approximate surface area is 392 Å². The number of para-hydroxylation sites is 5. The first kappa shape index (κ1) is 40.4. The van der Waals surface area contributed by atoms with Gasteiger partial charge in [0.25, 0.3) is 6.33 Å². The summed E-state index contributed by atoms with van der Waals surface area (Å²) in [6, 6.07) is 72.0. The fraction of sp³-hybridized carbons (Fsp3) is 0.0847. The Hall–Kier alpha value is -7.33. The third-order valence-corrected chi connectivity index (χ3v) is 12.5. The van der Waals surface area contributed by atoms with Crippen molar-refractivity contribution in [3.05, 3.63) is 223 Å². The molecular weight excluding hydrogens is 976 g/mol. The maximum absolute atomic E-state index is 6.51. The van der Waals surface area contributed by atoms with Crippen LogP contribution < -0.4 is 4.57 Å². The van der Waals surface area contributed by atoms with E-state index in [9.17, 15) is 0 Å². The number of pyridine rings is 1. The van der Waals surface area contributed by atoms with E-state index in [1.54, 1.807) is 0 Å². The first-order valence-electron chi connectivity index (χ1n) is 21.8. The van der Waals surface area contributed by atoms with Gasteiger partial charge in [-0.2, -0.15) is 53.6 Å². The van der Waals surface area contributed by atoms with Gasteiger partial charge < -0.3 is 13.6 Å². The molecule has 0 spiro atoms. The molecule has 0 amide bonds. The molecule has 316 valence electrons. The second kappa shape index (κ2) is 16.0. The van der Waals surface area contributed by atoms with Gasteiger partial charge in [0.1, 0.15) is 5.58 Å². The Morgan fingerprint density at radius 1 is 0.585 bits per heavy atom. The van der Waals surface area contributed by atoms with E-state index in [0.717, 1.165) is 99.8 Å². The van der Waals surface area contributed by atoms with Crippen LogP contribution in [0, 0.1) is 18.5 Å². The van der Waals surface area contributed by atoms with Crippen molar-refractivity contribution in [3.63, 3.8) is 0 Å². The zero-order valence-electron chi connectivity index (χ0n) is 36.1. The molecule has 4 heterocycles. The Morgan fingerprint density at radius 2 is 1.28 bits per heavy atom. The molecule has 4 aromatic heterocycles. The number of fused-ring (bicyclic) bond motifs is 7. The Kier molecular flexibility index (Phi) is 9.97. The van der Waals surface area contributed by atoms with E-state index in [-0.39, 0.29) is 26.5 Å². The topological polar surface area (TPSA) is 39.8 Å². The molecule has 0 aliphatic carbocycles. The second-order valence-corrected chi connectivity index (χ2v) is 17.6. The summed E-state index contributed by atoms with van der Waals surface area (Å²) in [5.74, 6) is 0.754. The average molecular weight is 1020 g/mol. The number of nitrogens with zero attached hydrogens (tertiary/aromatic N) is 4. The number of aromatic nitrogens is 4. The molecule has 0 atom stereocenters. The van der Waals surface area contributed by atoms with Gasteiger partial charge >= 0.3 is 0 Å². The number of imidazole rings is 1. The van der Waals surface area contributed by atoms with E-state index in [0.29, 0.717) is 6.42 Å². The van der Waals surface area contributed by atoms with E-state index in [1.165, 1.54) is 11.1 Å². The first-order valence-corrected chi connectivity index (χ1v) is 21.8. The van der Waals surface area contributed by atoms with Crippen molar-refractivity contribution in [2.24, 2.45) is 0 Å². The Balaban J connectivity index is 0.00000469. The Bertz CT molecular complexity index is 3760. The van der Waals surface area contributed by atoms with Gasteiger partial charge in [0, 0.05) is 43.6 Å². The van der Waals surface area contributed by atoms with Gasteiger partial charge in [-0.3, -0.25) is 4.57 Å². The number of benzene rings is 8. The third kappa shape index (κ3) is 6.90. The minimum atomic E-state index is 0. The van der Waals surface area contributed by atoms with Crippen LogP contribution in [0.4, 0.5) is 0 Å². The second-order valence-electron chi connectivity index (χ2n) is 17.6. The summed E-state index contributed by atoms with van der Waals surface area (Å²) < 4.78 is 13.1. The summed E-state index contributed by atoms with van der Waals surface area (Å²) in [7, 11) is 0. The van der Waals surface area contributed by atoms with Crippen LogP contribution in [0.25, 0.3) is 94.2 Å². The summed E-state index contributed by atoms with van der Waals surface area (Å²) in [5.41, 5.74) is 15.7. The molecule has 12 rings (SSSR count). The summed E-state index contributed by atoms with van der Waals surface area (Å²) in [4.78, 5) is 4.95. The monoisotopic (exact) mass is 1020 g/mol. The molecule has 65 heavy (non-hydrogen) atoms. The predicted octanol–water partition coefficient (Wildman–Crippen LogP) is 13.9. The van der Waals surface area contributed by atoms with E-state index >= 15 is 0 Å². The number of furan rings is 1. The molecule has 0 radical (unpaired) electrons. The number of rotatable bonds is 7. The van der Waals surface area contributed by atoms with Gasteiger partial charge in [-0.1, -0.05) is 160 Å². The molecule has 0 aliphatic rings. The van der Waals surface area contributed by atoms with Crippen molar-refractivity contribution in [1.82, 2.24) is 14.1 Å². The molecule has 0 fully saturated rings. The van der Waals surface area contributed by atoms with Gasteiger partial charge in [0.05, 0.1) is 16.7 Å². The predicted molar refractivity (Wildman–Crippen MR) is 260 cm³/mol. The van der Waals surface area contributed by atoms with Crippen molar-refractivity contribution >= 4 is 54.8 Å². The molecule has 0 saturated carbocycles. The van der Waals surface area contributed by atoms with E-state index in [1.807, 2.05) is 30.5 Å². The zero-order valence-corrected chi connectivity index (χ0v) is 38.4. The van der Waals surface area contributed by atoms with Crippen LogP contribution in [0.1, 0.15) is 37.5 Å². The molecule has 0 aliphatic heterocycles.